The first-order valence-corrected chi connectivity index (χ1v) is 7.05. The van der Waals surface area contributed by atoms with Gasteiger partial charge in [-0.25, -0.2) is 0 Å². The van der Waals surface area contributed by atoms with Crippen molar-refractivity contribution < 1.29 is 9.63 Å². The molecule has 5 heteroatoms. The van der Waals surface area contributed by atoms with Crippen molar-refractivity contribution in [3.05, 3.63) is 11.7 Å². The van der Waals surface area contributed by atoms with Crippen LogP contribution in [0.5, 0.6) is 0 Å². The van der Waals surface area contributed by atoms with Crippen molar-refractivity contribution in [1.29, 1.82) is 0 Å². The lowest BCUT2D eigenvalue weighted by Gasteiger charge is -2.36. The van der Waals surface area contributed by atoms with E-state index in [-0.39, 0.29) is 17.6 Å². The van der Waals surface area contributed by atoms with Crippen LogP contribution >= 0.6 is 0 Å². The molecule has 0 spiro atoms. The van der Waals surface area contributed by atoms with E-state index in [9.17, 15) is 5.11 Å². The van der Waals surface area contributed by atoms with Gasteiger partial charge >= 0.3 is 0 Å². The molecule has 2 rings (SSSR count). The number of aliphatic hydroxyl groups excluding tert-OH is 1. The maximum atomic E-state index is 9.97. The van der Waals surface area contributed by atoms with Crippen molar-refractivity contribution in [3.63, 3.8) is 0 Å². The molecule has 2 heterocycles. The number of β-amino-alcohol motifs (C(OH)–C–C–N with tert-alkyl or cyclic N) is 1. The van der Waals surface area contributed by atoms with E-state index in [1.54, 1.807) is 0 Å². The zero-order valence-electron chi connectivity index (χ0n) is 12.6. The molecule has 0 bridgehead atoms. The van der Waals surface area contributed by atoms with Crippen molar-refractivity contribution >= 4 is 0 Å². The van der Waals surface area contributed by atoms with Gasteiger partial charge in [-0.2, -0.15) is 4.98 Å². The first-order valence-electron chi connectivity index (χ1n) is 7.05. The second-order valence-electron chi connectivity index (χ2n) is 6.71. The zero-order valence-corrected chi connectivity index (χ0v) is 12.6. The van der Waals surface area contributed by atoms with Gasteiger partial charge in [0.05, 0.1) is 12.1 Å². The van der Waals surface area contributed by atoms with Crippen molar-refractivity contribution in [2.45, 2.75) is 58.6 Å². The predicted molar refractivity (Wildman–Crippen MR) is 72.8 cm³/mol. The Hall–Kier alpha value is -0.940. The highest BCUT2D eigenvalue weighted by molar-refractivity contribution is 5.02. The fourth-order valence-corrected chi connectivity index (χ4v) is 2.29. The predicted octanol–water partition coefficient (Wildman–Crippen LogP) is 2.13. The Labute approximate surface area is 115 Å². The summed E-state index contributed by atoms with van der Waals surface area (Å²) in [5.74, 6) is 1.75. The summed E-state index contributed by atoms with van der Waals surface area (Å²) >= 11 is 0. The molecule has 3 atom stereocenters. The molecule has 0 aromatic carbocycles. The van der Waals surface area contributed by atoms with E-state index in [1.165, 1.54) is 0 Å². The third-order valence-electron chi connectivity index (χ3n) is 3.97. The molecule has 1 saturated heterocycles. The Morgan fingerprint density at radius 3 is 2.63 bits per heavy atom. The molecule has 1 aromatic heterocycles. The van der Waals surface area contributed by atoms with Crippen molar-refractivity contribution in [3.8, 4) is 0 Å². The minimum Gasteiger partial charge on any atom is -0.392 e. The number of hydrogen-bond donors (Lipinski definition) is 1. The average molecular weight is 267 g/mol. The van der Waals surface area contributed by atoms with Gasteiger partial charge in [0.15, 0.2) is 5.82 Å². The normalized spacial score (nSPS) is 27.5. The Morgan fingerprint density at radius 2 is 2.11 bits per heavy atom. The Bertz CT molecular complexity index is 425. The molecule has 5 nitrogen and oxygen atoms in total. The number of hydrogen-bond acceptors (Lipinski definition) is 5. The van der Waals surface area contributed by atoms with Crippen LogP contribution < -0.4 is 0 Å². The highest BCUT2D eigenvalue weighted by Crippen LogP contribution is 2.27. The molecule has 1 aliphatic heterocycles. The lowest BCUT2D eigenvalue weighted by Crippen LogP contribution is -2.43. The van der Waals surface area contributed by atoms with Crippen LogP contribution in [0.4, 0.5) is 0 Å². The number of aromatic nitrogens is 2. The zero-order chi connectivity index (χ0) is 14.2. The summed E-state index contributed by atoms with van der Waals surface area (Å²) in [4.78, 5) is 6.71. The monoisotopic (exact) mass is 267 g/mol. The van der Waals surface area contributed by atoms with Crippen LogP contribution in [0.3, 0.4) is 0 Å². The van der Waals surface area contributed by atoms with E-state index in [0.29, 0.717) is 18.4 Å². The fourth-order valence-electron chi connectivity index (χ4n) is 2.29. The molecular formula is C14H25N3O2. The van der Waals surface area contributed by atoms with Crippen LogP contribution in [-0.2, 0) is 5.41 Å². The summed E-state index contributed by atoms with van der Waals surface area (Å²) in [7, 11) is 0. The molecule has 1 fully saturated rings. The van der Waals surface area contributed by atoms with Crippen molar-refractivity contribution in [2.75, 3.05) is 13.1 Å². The van der Waals surface area contributed by atoms with E-state index in [1.807, 2.05) is 0 Å². The van der Waals surface area contributed by atoms with Crippen molar-refractivity contribution in [1.82, 2.24) is 15.0 Å². The summed E-state index contributed by atoms with van der Waals surface area (Å²) in [5.41, 5.74) is -0.0998. The topological polar surface area (TPSA) is 62.4 Å². The number of piperidine rings is 1. The SMILES string of the molecule is CC1CCN(C(C)c2nc(C(C)(C)C)no2)CC1O. The lowest BCUT2D eigenvalue weighted by atomic mass is 9.95. The van der Waals surface area contributed by atoms with Crippen LogP contribution in [-0.4, -0.2) is 39.3 Å². The van der Waals surface area contributed by atoms with Gasteiger partial charge in [-0.15, -0.1) is 0 Å². The minimum absolute atomic E-state index is 0.0609. The Balaban J connectivity index is 2.07. The maximum Gasteiger partial charge on any atom is 0.243 e. The third kappa shape index (κ3) is 3.15. The quantitative estimate of drug-likeness (QED) is 0.889. The first kappa shape index (κ1) is 14.5. The van der Waals surface area contributed by atoms with Crippen LogP contribution in [0.15, 0.2) is 4.52 Å². The van der Waals surface area contributed by atoms with Gasteiger partial charge in [0.1, 0.15) is 0 Å². The van der Waals surface area contributed by atoms with Crippen LogP contribution in [0, 0.1) is 5.92 Å². The minimum atomic E-state index is -0.263. The molecule has 0 aliphatic carbocycles. The number of likely N-dealkylation sites (tertiary alicyclic amines) is 1. The smallest absolute Gasteiger partial charge is 0.243 e. The lowest BCUT2D eigenvalue weighted by molar-refractivity contribution is 0.00707. The van der Waals surface area contributed by atoms with Gasteiger partial charge in [-0.3, -0.25) is 4.90 Å². The third-order valence-corrected chi connectivity index (χ3v) is 3.97. The molecule has 1 aromatic rings. The Kier molecular flexibility index (Phi) is 3.97. The van der Waals surface area contributed by atoms with Gasteiger partial charge in [0.25, 0.3) is 0 Å². The highest BCUT2D eigenvalue weighted by Gasteiger charge is 2.31. The molecule has 19 heavy (non-hydrogen) atoms. The second kappa shape index (κ2) is 5.21. The molecule has 0 saturated carbocycles. The summed E-state index contributed by atoms with van der Waals surface area (Å²) in [6, 6.07) is 0.0609. The summed E-state index contributed by atoms with van der Waals surface area (Å²) in [6.45, 7) is 12.0. The first-order chi connectivity index (χ1) is 8.79. The largest absolute Gasteiger partial charge is 0.392 e. The number of aliphatic hydroxyl groups is 1. The number of rotatable bonds is 2. The second-order valence-corrected chi connectivity index (χ2v) is 6.71. The Morgan fingerprint density at radius 1 is 1.42 bits per heavy atom. The molecule has 0 amide bonds. The van der Waals surface area contributed by atoms with E-state index < -0.39 is 0 Å². The highest BCUT2D eigenvalue weighted by atomic mass is 16.5. The molecule has 3 unspecified atom stereocenters. The average Bonchev–Trinajstić information content (AvgIpc) is 2.81. The molecule has 108 valence electrons. The van der Waals surface area contributed by atoms with E-state index >= 15 is 0 Å². The van der Waals surface area contributed by atoms with Crippen LogP contribution in [0.25, 0.3) is 0 Å². The standard InChI is InChI=1S/C14H25N3O2/c1-9-6-7-17(8-11(9)18)10(2)12-15-13(16-19-12)14(3,4)5/h9-11,18H,6-8H2,1-5H3. The van der Waals surface area contributed by atoms with Gasteiger partial charge in [-0.1, -0.05) is 32.9 Å². The van der Waals surface area contributed by atoms with E-state index in [4.69, 9.17) is 4.52 Å². The molecular weight excluding hydrogens is 242 g/mol. The van der Waals surface area contributed by atoms with E-state index in [0.717, 1.165) is 18.8 Å². The van der Waals surface area contributed by atoms with Crippen LogP contribution in [0.2, 0.25) is 0 Å². The van der Waals surface area contributed by atoms with E-state index in [2.05, 4.69) is 49.7 Å². The molecule has 1 aliphatic rings. The summed E-state index contributed by atoms with van der Waals surface area (Å²) in [5, 5.41) is 14.0. The van der Waals surface area contributed by atoms with Gasteiger partial charge in [-0.05, 0) is 25.8 Å². The van der Waals surface area contributed by atoms with Gasteiger partial charge in [0.2, 0.25) is 5.89 Å². The fraction of sp³-hybridized carbons (Fsp3) is 0.857. The number of nitrogens with zero attached hydrogens (tertiary/aromatic N) is 3. The van der Waals surface area contributed by atoms with Crippen LogP contribution in [0.1, 0.15) is 58.8 Å². The molecule has 1 N–H and O–H groups in total. The summed E-state index contributed by atoms with van der Waals surface area (Å²) in [6.07, 6.45) is 0.743. The van der Waals surface area contributed by atoms with Gasteiger partial charge < -0.3 is 9.63 Å². The molecule has 0 radical (unpaired) electrons. The van der Waals surface area contributed by atoms with Crippen molar-refractivity contribution in [2.24, 2.45) is 5.92 Å². The summed E-state index contributed by atoms with van der Waals surface area (Å²) < 4.78 is 5.38. The maximum absolute atomic E-state index is 9.97. The van der Waals surface area contributed by atoms with Gasteiger partial charge in [0, 0.05) is 12.0 Å².